The lowest BCUT2D eigenvalue weighted by atomic mass is 9.90. The van der Waals surface area contributed by atoms with Gasteiger partial charge in [-0.25, -0.2) is 4.79 Å². The van der Waals surface area contributed by atoms with Crippen molar-refractivity contribution in [3.8, 4) is 22.5 Å². The van der Waals surface area contributed by atoms with E-state index >= 15 is 0 Å². The number of nitrogens with zero attached hydrogens (tertiary/aromatic N) is 1. The molecule has 0 radical (unpaired) electrons. The highest BCUT2D eigenvalue weighted by Crippen LogP contribution is 2.41. The van der Waals surface area contributed by atoms with Crippen molar-refractivity contribution in [2.75, 3.05) is 18.4 Å². The molecule has 1 aliphatic carbocycles. The molecule has 13 nitrogen and oxygen atoms in total. The molecule has 254 valence electrons. The van der Waals surface area contributed by atoms with Crippen LogP contribution >= 0.6 is 0 Å². The van der Waals surface area contributed by atoms with Crippen molar-refractivity contribution >= 4 is 52.2 Å². The first-order valence-electron chi connectivity index (χ1n) is 13.5. The summed E-state index contributed by atoms with van der Waals surface area (Å²) in [7, 11) is -10.7. The van der Waals surface area contributed by atoms with E-state index in [9.17, 15) is 27.2 Å². The number of benzene rings is 3. The molecule has 0 aromatic heterocycles. The Kier molecular flexibility index (Phi) is 20.0. The van der Waals surface area contributed by atoms with Crippen molar-refractivity contribution in [2.24, 2.45) is 4.99 Å². The summed E-state index contributed by atoms with van der Waals surface area (Å²) in [5, 5.41) is 70.6. The molecule has 47 heavy (non-hydrogen) atoms. The third kappa shape index (κ3) is 15.9. The van der Waals surface area contributed by atoms with Crippen LogP contribution in [0.5, 0.6) is 0 Å². The SMILES string of the molecule is CCN=c1cc2oc3cc(NCC)c(C)c(-c4ccccc4C(=O)O)c3cc-2cc1C.OB(O)F.OB(O)F.OB(O)F.OB(O)F. The Balaban J connectivity index is 0.00000111. The molecule has 1 aliphatic heterocycles. The van der Waals surface area contributed by atoms with E-state index in [-0.39, 0.29) is 5.56 Å². The van der Waals surface area contributed by atoms with Crippen molar-refractivity contribution in [3.05, 3.63) is 70.6 Å². The fourth-order valence-corrected chi connectivity index (χ4v) is 4.13. The molecule has 0 amide bonds. The van der Waals surface area contributed by atoms with Gasteiger partial charge in [-0.1, -0.05) is 18.2 Å². The number of carboxylic acid groups (broad SMARTS) is 1. The van der Waals surface area contributed by atoms with Crippen LogP contribution in [0, 0.1) is 13.8 Å². The highest BCUT2D eigenvalue weighted by atomic mass is 19.1. The van der Waals surface area contributed by atoms with Gasteiger partial charge in [0.15, 0.2) is 0 Å². The maximum Gasteiger partial charge on any atom is 0.674 e. The quantitative estimate of drug-likeness (QED) is 0.0828. The van der Waals surface area contributed by atoms with E-state index in [0.29, 0.717) is 17.7 Å². The van der Waals surface area contributed by atoms with Gasteiger partial charge in [0.05, 0.1) is 10.9 Å². The number of nitrogens with one attached hydrogen (secondary N) is 1. The summed E-state index contributed by atoms with van der Waals surface area (Å²) in [6.07, 6.45) is 0. The van der Waals surface area contributed by atoms with Crippen molar-refractivity contribution in [2.45, 2.75) is 27.7 Å². The summed E-state index contributed by atoms with van der Waals surface area (Å²) in [4.78, 5) is 16.5. The molecular formula is C26H34B4F4N2O11. The third-order valence-electron chi connectivity index (χ3n) is 5.56. The van der Waals surface area contributed by atoms with E-state index in [1.54, 1.807) is 12.1 Å². The molecule has 10 N–H and O–H groups in total. The number of aryl methyl sites for hydroxylation is 1. The number of anilines is 1. The Morgan fingerprint density at radius 2 is 1.34 bits per heavy atom. The van der Waals surface area contributed by atoms with Crippen LogP contribution in [0.4, 0.5) is 23.0 Å². The van der Waals surface area contributed by atoms with Crippen molar-refractivity contribution in [1.82, 2.24) is 0 Å². The standard InChI is InChI=1S/C26H26N2O3.4BFH2O2/c1-5-27-21-13-23-17(11-15(21)3)12-20-24(31-23)14-22(28-6-2)16(4)25(20)18-9-7-8-10-19(18)26(29)30;4*2-1(3)4/h7-14,28H,5-6H2,1-4H3,(H,29,30);4*3-4H. The molecule has 0 bridgehead atoms. The first kappa shape index (κ1) is 43.1. The molecule has 0 saturated heterocycles. The first-order valence-corrected chi connectivity index (χ1v) is 13.5. The van der Waals surface area contributed by atoms with Gasteiger partial charge in [0.2, 0.25) is 0 Å². The highest BCUT2D eigenvalue weighted by Gasteiger charge is 2.20. The number of hydrogen-bond donors (Lipinski definition) is 10. The van der Waals surface area contributed by atoms with Crippen LogP contribution in [0.1, 0.15) is 35.3 Å². The molecule has 0 unspecified atom stereocenters. The van der Waals surface area contributed by atoms with E-state index in [4.69, 9.17) is 44.6 Å². The van der Waals surface area contributed by atoms with E-state index < -0.39 is 35.6 Å². The molecule has 0 spiro atoms. The topological polar surface area (TPSA) is 237 Å². The number of hydrogen-bond acceptors (Lipinski definition) is 12. The van der Waals surface area contributed by atoms with E-state index in [0.717, 1.165) is 51.0 Å². The number of rotatable bonds is 5. The monoisotopic (exact) mass is 670 g/mol. The van der Waals surface area contributed by atoms with Gasteiger partial charge in [-0.05, 0) is 68.1 Å². The molecule has 4 rings (SSSR count). The highest BCUT2D eigenvalue weighted by molar-refractivity contribution is 6.32. The second-order valence-electron chi connectivity index (χ2n) is 8.86. The molecule has 0 saturated carbocycles. The van der Waals surface area contributed by atoms with E-state index in [1.165, 1.54) is 0 Å². The van der Waals surface area contributed by atoms with Gasteiger partial charge in [0.1, 0.15) is 11.3 Å². The van der Waals surface area contributed by atoms with Gasteiger partial charge in [0.25, 0.3) is 0 Å². The van der Waals surface area contributed by atoms with E-state index in [2.05, 4.69) is 22.4 Å². The molecule has 2 aromatic rings. The van der Waals surface area contributed by atoms with Gasteiger partial charge in [-0.2, -0.15) is 0 Å². The summed E-state index contributed by atoms with van der Waals surface area (Å²) in [6, 6.07) is 15.3. The molecule has 2 aromatic carbocycles. The van der Waals surface area contributed by atoms with E-state index in [1.807, 2.05) is 52.0 Å². The number of halogens is 4. The minimum atomic E-state index is -2.67. The smallest absolute Gasteiger partial charge is 0.478 e. The average molecular weight is 670 g/mol. The maximum absolute atomic E-state index is 12.0. The molecule has 0 atom stereocenters. The Morgan fingerprint density at radius 1 is 0.830 bits per heavy atom. The van der Waals surface area contributed by atoms with Crippen LogP contribution in [0.2, 0.25) is 0 Å². The van der Waals surface area contributed by atoms with Crippen molar-refractivity contribution in [3.63, 3.8) is 0 Å². The van der Waals surface area contributed by atoms with Crippen LogP contribution in [0.3, 0.4) is 0 Å². The molecule has 0 fully saturated rings. The minimum absolute atomic E-state index is 0.272. The predicted octanol–water partition coefficient (Wildman–Crippen LogP) is 1.57. The van der Waals surface area contributed by atoms with Gasteiger partial charge >= 0.3 is 35.6 Å². The zero-order valence-electron chi connectivity index (χ0n) is 25.6. The van der Waals surface area contributed by atoms with Crippen LogP contribution in [-0.4, -0.2) is 93.9 Å². The third-order valence-corrected chi connectivity index (χ3v) is 5.56. The Hall–Kier alpha value is -3.94. The lowest BCUT2D eigenvalue weighted by Gasteiger charge is -2.19. The predicted molar refractivity (Wildman–Crippen MR) is 170 cm³/mol. The summed E-state index contributed by atoms with van der Waals surface area (Å²) < 4.78 is 46.8. The zero-order valence-corrected chi connectivity index (χ0v) is 25.6. The molecule has 2 aliphatic rings. The minimum Gasteiger partial charge on any atom is -0.478 e. The summed E-state index contributed by atoms with van der Waals surface area (Å²) in [5.74, 6) is -0.189. The average Bonchev–Trinajstić information content (AvgIpc) is 2.92. The number of carboxylic acids is 1. The van der Waals surface area contributed by atoms with Crippen LogP contribution in [0.25, 0.3) is 33.4 Å². The van der Waals surface area contributed by atoms with Gasteiger partial charge in [-0.3, -0.25) is 22.3 Å². The fraction of sp³-hybridized carbons (Fsp3) is 0.231. The number of fused-ring (bicyclic) bond motifs is 2. The molecule has 21 heteroatoms. The normalized spacial score (nSPS) is 10.2. The van der Waals surface area contributed by atoms with Gasteiger partial charge in [-0.15, -0.1) is 0 Å². The van der Waals surface area contributed by atoms with Crippen LogP contribution in [-0.2, 0) is 0 Å². The first-order chi connectivity index (χ1) is 21.9. The largest absolute Gasteiger partial charge is 0.674 e. The van der Waals surface area contributed by atoms with Gasteiger partial charge in [0, 0.05) is 41.9 Å². The lowest BCUT2D eigenvalue weighted by Crippen LogP contribution is -2.08. The van der Waals surface area contributed by atoms with Crippen LogP contribution in [0.15, 0.2) is 57.9 Å². The van der Waals surface area contributed by atoms with Gasteiger partial charge < -0.3 is 55.0 Å². The Labute approximate surface area is 268 Å². The summed E-state index contributed by atoms with van der Waals surface area (Å²) in [5.41, 5.74) is 6.50. The second kappa shape index (κ2) is 21.8. The second-order valence-corrected chi connectivity index (χ2v) is 8.86. The van der Waals surface area contributed by atoms with Crippen molar-refractivity contribution < 1.29 is 71.8 Å². The summed E-state index contributed by atoms with van der Waals surface area (Å²) >= 11 is 0. The Morgan fingerprint density at radius 3 is 1.81 bits per heavy atom. The Bertz CT molecular complexity index is 1550. The number of aromatic carboxylic acids is 1. The molecule has 1 heterocycles. The summed E-state index contributed by atoms with van der Waals surface area (Å²) in [6.45, 7) is 9.56. The zero-order chi connectivity index (χ0) is 36.4. The van der Waals surface area contributed by atoms with Crippen molar-refractivity contribution in [1.29, 1.82) is 0 Å². The fourth-order valence-electron chi connectivity index (χ4n) is 4.13. The lowest BCUT2D eigenvalue weighted by molar-refractivity contribution is 0.0697. The van der Waals surface area contributed by atoms with Crippen LogP contribution < -0.4 is 10.7 Å². The number of carbonyl (C=O) groups is 1. The molecular weight excluding hydrogens is 636 g/mol. The maximum atomic E-state index is 12.0.